The highest BCUT2D eigenvalue weighted by Crippen LogP contribution is 2.22. The van der Waals surface area contributed by atoms with Crippen molar-refractivity contribution in [1.29, 1.82) is 0 Å². The van der Waals surface area contributed by atoms with Gasteiger partial charge in [0.2, 0.25) is 5.91 Å². The van der Waals surface area contributed by atoms with Crippen LogP contribution in [0.15, 0.2) is 12.1 Å². The van der Waals surface area contributed by atoms with E-state index in [9.17, 15) is 4.79 Å². The Hall–Kier alpha value is -0.580. The van der Waals surface area contributed by atoms with Gasteiger partial charge in [0.05, 0.1) is 16.9 Å². The van der Waals surface area contributed by atoms with Crippen molar-refractivity contribution in [2.24, 2.45) is 11.7 Å². The summed E-state index contributed by atoms with van der Waals surface area (Å²) in [5.41, 5.74) is 5.81. The van der Waals surface area contributed by atoms with E-state index in [4.69, 9.17) is 17.3 Å². The molecule has 0 fully saturated rings. The summed E-state index contributed by atoms with van der Waals surface area (Å²) in [6.45, 7) is 4.45. The molecule has 1 aromatic heterocycles. The van der Waals surface area contributed by atoms with Gasteiger partial charge in [-0.25, -0.2) is 0 Å². The molecule has 0 spiro atoms. The second-order valence-electron chi connectivity index (χ2n) is 4.17. The molecule has 0 radical (unpaired) electrons. The molecule has 2 N–H and O–H groups in total. The predicted octanol–water partition coefficient (Wildman–Crippen LogP) is 2.34. The number of nitrogens with two attached hydrogens (primary N) is 1. The van der Waals surface area contributed by atoms with Crippen molar-refractivity contribution in [3.63, 3.8) is 0 Å². The zero-order valence-electron chi connectivity index (χ0n) is 9.74. The van der Waals surface area contributed by atoms with Gasteiger partial charge in [0.15, 0.2) is 0 Å². The molecule has 0 aliphatic rings. The Morgan fingerprint density at radius 3 is 2.62 bits per heavy atom. The molecule has 0 unspecified atom stereocenters. The third kappa shape index (κ3) is 3.47. The fraction of sp³-hybridized carbons (Fsp3) is 0.545. The van der Waals surface area contributed by atoms with Crippen LogP contribution in [-0.2, 0) is 11.3 Å². The number of carbonyl (C=O) groups excluding carboxylic acids is 1. The fourth-order valence-corrected chi connectivity index (χ4v) is 2.43. The molecule has 90 valence electrons. The lowest BCUT2D eigenvalue weighted by Gasteiger charge is -2.22. The van der Waals surface area contributed by atoms with E-state index in [2.05, 4.69) is 0 Å². The summed E-state index contributed by atoms with van der Waals surface area (Å²) in [7, 11) is 1.76. The number of hydrogen-bond acceptors (Lipinski definition) is 3. The van der Waals surface area contributed by atoms with E-state index >= 15 is 0 Å². The number of halogens is 1. The van der Waals surface area contributed by atoms with Crippen LogP contribution in [0.2, 0.25) is 4.34 Å². The molecule has 1 atom stereocenters. The van der Waals surface area contributed by atoms with Gasteiger partial charge < -0.3 is 10.6 Å². The topological polar surface area (TPSA) is 46.3 Å². The summed E-state index contributed by atoms with van der Waals surface area (Å²) >= 11 is 7.31. The minimum absolute atomic E-state index is 0.0282. The van der Waals surface area contributed by atoms with Gasteiger partial charge in [-0.05, 0) is 18.1 Å². The standard InChI is InChI=1S/C11H17ClN2OS/c1-7(2)10(13)11(15)14(3)6-8-4-5-9(12)16-8/h4-5,7,10H,6,13H2,1-3H3/t10-/m0/s1. The molecule has 0 saturated heterocycles. The van der Waals surface area contributed by atoms with E-state index in [1.54, 1.807) is 11.9 Å². The number of thiophene rings is 1. The molecule has 3 nitrogen and oxygen atoms in total. The van der Waals surface area contributed by atoms with E-state index in [0.29, 0.717) is 6.54 Å². The Balaban J connectivity index is 2.58. The SMILES string of the molecule is CC(C)[C@H](N)C(=O)N(C)Cc1ccc(Cl)s1. The van der Waals surface area contributed by atoms with E-state index in [1.165, 1.54) is 11.3 Å². The minimum Gasteiger partial charge on any atom is -0.339 e. The van der Waals surface area contributed by atoms with Crippen LogP contribution in [-0.4, -0.2) is 23.9 Å². The molecular formula is C11H17ClN2OS. The van der Waals surface area contributed by atoms with Crippen LogP contribution in [0, 0.1) is 5.92 Å². The second-order valence-corrected chi connectivity index (χ2v) is 5.97. The highest BCUT2D eigenvalue weighted by Gasteiger charge is 2.21. The highest BCUT2D eigenvalue weighted by molar-refractivity contribution is 7.16. The molecular weight excluding hydrogens is 244 g/mol. The van der Waals surface area contributed by atoms with Crippen molar-refractivity contribution in [3.8, 4) is 0 Å². The van der Waals surface area contributed by atoms with Crippen LogP contribution in [0.3, 0.4) is 0 Å². The van der Waals surface area contributed by atoms with E-state index < -0.39 is 6.04 Å². The van der Waals surface area contributed by atoms with Gasteiger partial charge in [-0.2, -0.15) is 0 Å². The van der Waals surface area contributed by atoms with Crippen LogP contribution in [0.5, 0.6) is 0 Å². The normalized spacial score (nSPS) is 12.9. The van der Waals surface area contributed by atoms with Crippen LogP contribution in [0.4, 0.5) is 0 Å². The third-order valence-electron chi connectivity index (χ3n) is 2.40. The largest absolute Gasteiger partial charge is 0.339 e. The van der Waals surface area contributed by atoms with Gasteiger partial charge in [-0.1, -0.05) is 25.4 Å². The van der Waals surface area contributed by atoms with E-state index in [1.807, 2.05) is 26.0 Å². The molecule has 16 heavy (non-hydrogen) atoms. The lowest BCUT2D eigenvalue weighted by molar-refractivity contribution is -0.132. The number of hydrogen-bond donors (Lipinski definition) is 1. The van der Waals surface area contributed by atoms with Gasteiger partial charge in [0, 0.05) is 11.9 Å². The Kier molecular flexibility index (Phi) is 4.77. The van der Waals surface area contributed by atoms with Gasteiger partial charge >= 0.3 is 0 Å². The first-order valence-electron chi connectivity index (χ1n) is 5.16. The zero-order valence-corrected chi connectivity index (χ0v) is 11.3. The number of rotatable bonds is 4. The molecule has 1 aromatic rings. The monoisotopic (exact) mass is 260 g/mol. The summed E-state index contributed by atoms with van der Waals surface area (Å²) in [4.78, 5) is 14.6. The Bertz CT molecular complexity index is 365. The smallest absolute Gasteiger partial charge is 0.239 e. The molecule has 0 aliphatic heterocycles. The van der Waals surface area contributed by atoms with Crippen molar-refractivity contribution in [2.45, 2.75) is 26.4 Å². The van der Waals surface area contributed by atoms with Crippen molar-refractivity contribution in [3.05, 3.63) is 21.3 Å². The van der Waals surface area contributed by atoms with Gasteiger partial charge in [0.1, 0.15) is 0 Å². The lowest BCUT2D eigenvalue weighted by atomic mass is 10.0. The first-order chi connectivity index (χ1) is 7.41. The number of carbonyl (C=O) groups is 1. The maximum Gasteiger partial charge on any atom is 0.239 e. The van der Waals surface area contributed by atoms with E-state index in [0.717, 1.165) is 9.21 Å². The quantitative estimate of drug-likeness (QED) is 0.903. The minimum atomic E-state index is -0.430. The van der Waals surface area contributed by atoms with Gasteiger partial charge in [-0.15, -0.1) is 11.3 Å². The molecule has 5 heteroatoms. The first-order valence-corrected chi connectivity index (χ1v) is 6.36. The van der Waals surface area contributed by atoms with Crippen LogP contribution >= 0.6 is 22.9 Å². The van der Waals surface area contributed by atoms with Gasteiger partial charge in [-0.3, -0.25) is 4.79 Å². The predicted molar refractivity (Wildman–Crippen MR) is 68.6 cm³/mol. The molecule has 1 heterocycles. The highest BCUT2D eigenvalue weighted by atomic mass is 35.5. The molecule has 1 rings (SSSR count). The van der Waals surface area contributed by atoms with Crippen molar-refractivity contribution < 1.29 is 4.79 Å². The van der Waals surface area contributed by atoms with Crippen LogP contribution < -0.4 is 5.73 Å². The average Bonchev–Trinajstić information content (AvgIpc) is 2.61. The number of likely N-dealkylation sites (N-methyl/N-ethyl adjacent to an activating group) is 1. The second kappa shape index (κ2) is 5.66. The average molecular weight is 261 g/mol. The maximum atomic E-state index is 11.9. The Labute approximate surface area is 105 Å². The molecule has 0 aromatic carbocycles. The number of amides is 1. The Morgan fingerprint density at radius 1 is 1.56 bits per heavy atom. The molecule has 0 saturated carbocycles. The summed E-state index contributed by atoms with van der Waals surface area (Å²) < 4.78 is 0.740. The van der Waals surface area contributed by atoms with Crippen LogP contribution in [0.1, 0.15) is 18.7 Å². The first kappa shape index (κ1) is 13.5. The molecule has 0 aliphatic carbocycles. The van der Waals surface area contributed by atoms with Crippen molar-refractivity contribution >= 4 is 28.8 Å². The summed E-state index contributed by atoms with van der Waals surface area (Å²) in [5.74, 6) is 0.126. The van der Waals surface area contributed by atoms with Crippen LogP contribution in [0.25, 0.3) is 0 Å². The van der Waals surface area contributed by atoms with Gasteiger partial charge in [0.25, 0.3) is 0 Å². The summed E-state index contributed by atoms with van der Waals surface area (Å²) in [5, 5.41) is 0. The molecule has 1 amide bonds. The fourth-order valence-electron chi connectivity index (χ4n) is 1.29. The zero-order chi connectivity index (χ0) is 12.3. The summed E-state index contributed by atoms with van der Waals surface area (Å²) in [6, 6.07) is 3.33. The Morgan fingerprint density at radius 2 is 2.19 bits per heavy atom. The number of nitrogens with zero attached hydrogens (tertiary/aromatic N) is 1. The van der Waals surface area contributed by atoms with Crippen molar-refractivity contribution in [1.82, 2.24) is 4.90 Å². The summed E-state index contributed by atoms with van der Waals surface area (Å²) in [6.07, 6.45) is 0. The molecule has 0 bridgehead atoms. The van der Waals surface area contributed by atoms with E-state index in [-0.39, 0.29) is 11.8 Å². The maximum absolute atomic E-state index is 11.9. The third-order valence-corrected chi connectivity index (χ3v) is 3.62. The van der Waals surface area contributed by atoms with Crippen molar-refractivity contribution in [2.75, 3.05) is 7.05 Å². The lowest BCUT2D eigenvalue weighted by Crippen LogP contribution is -2.44.